The van der Waals surface area contributed by atoms with Gasteiger partial charge in [0.15, 0.2) is 5.60 Å². The standard InChI is InChI=1S/C46H43N3O6/c1-7-48(8-2)28-19-21-34-38(23-28)53-40-26-41-37(25-36(40)45(34,44(5,6)27-47)32-17-13-11-15-30(32)42(50)51)46(33-18-14-12-16-31(33)43(52)55-46)35-22-20-29(24-39(35)54-41)49(9-3)10-4/h11-26H,7-10H2,1-6H3,(H,50,51)/t45-,46-/m1/s1. The fourth-order valence-corrected chi connectivity index (χ4v) is 9.19. The van der Waals surface area contributed by atoms with Crippen LogP contribution in [-0.4, -0.2) is 43.2 Å². The summed E-state index contributed by atoms with van der Waals surface area (Å²) in [7, 11) is 0. The summed E-state index contributed by atoms with van der Waals surface area (Å²) in [6.07, 6.45) is 0. The number of anilines is 2. The summed E-state index contributed by atoms with van der Waals surface area (Å²) in [4.78, 5) is 31.4. The van der Waals surface area contributed by atoms with Gasteiger partial charge in [-0.25, -0.2) is 9.59 Å². The number of ether oxygens (including phenoxy) is 3. The van der Waals surface area contributed by atoms with E-state index in [9.17, 15) is 20.0 Å². The van der Waals surface area contributed by atoms with Gasteiger partial charge in [0.2, 0.25) is 0 Å². The number of carboxylic acids is 1. The first-order chi connectivity index (χ1) is 26.5. The molecule has 5 aromatic rings. The van der Waals surface area contributed by atoms with E-state index >= 15 is 0 Å². The monoisotopic (exact) mass is 733 g/mol. The van der Waals surface area contributed by atoms with Crippen LogP contribution in [0.3, 0.4) is 0 Å². The summed E-state index contributed by atoms with van der Waals surface area (Å²) in [5.74, 6) is 0.292. The van der Waals surface area contributed by atoms with Crippen LogP contribution in [0.1, 0.15) is 95.6 Å². The van der Waals surface area contributed by atoms with Crippen LogP contribution in [0.5, 0.6) is 23.0 Å². The smallest absolute Gasteiger partial charge is 0.340 e. The van der Waals surface area contributed by atoms with Crippen LogP contribution in [0.15, 0.2) is 97.1 Å². The molecule has 1 spiro atoms. The second-order valence-corrected chi connectivity index (χ2v) is 14.7. The Balaban J connectivity index is 1.50. The summed E-state index contributed by atoms with van der Waals surface area (Å²) in [5, 5.41) is 21.9. The van der Waals surface area contributed by atoms with Crippen molar-refractivity contribution in [3.63, 3.8) is 0 Å². The quantitative estimate of drug-likeness (QED) is 0.148. The third kappa shape index (κ3) is 4.90. The molecule has 3 heterocycles. The highest BCUT2D eigenvalue weighted by molar-refractivity contribution is 5.97. The maximum Gasteiger partial charge on any atom is 0.340 e. The van der Waals surface area contributed by atoms with Crippen molar-refractivity contribution in [3.05, 3.63) is 142 Å². The van der Waals surface area contributed by atoms with E-state index in [1.165, 1.54) is 0 Å². The second-order valence-electron chi connectivity index (χ2n) is 14.7. The Morgan fingerprint density at radius 1 is 0.673 bits per heavy atom. The third-order valence-electron chi connectivity index (χ3n) is 11.8. The number of fused-ring (bicyclic) bond motifs is 8. The predicted octanol–water partition coefficient (Wildman–Crippen LogP) is 9.64. The van der Waals surface area contributed by atoms with E-state index in [1.807, 2.05) is 80.6 Å². The Morgan fingerprint density at radius 2 is 1.20 bits per heavy atom. The number of aromatic carboxylic acids is 1. The lowest BCUT2D eigenvalue weighted by Gasteiger charge is -2.49. The highest BCUT2D eigenvalue weighted by atomic mass is 16.6. The first-order valence-corrected chi connectivity index (χ1v) is 18.9. The van der Waals surface area contributed by atoms with Crippen LogP contribution in [-0.2, 0) is 15.8 Å². The molecule has 0 saturated carbocycles. The van der Waals surface area contributed by atoms with Crippen LogP contribution < -0.4 is 19.3 Å². The number of carbonyl (C=O) groups excluding carboxylic acids is 1. The van der Waals surface area contributed by atoms with Gasteiger partial charge in [0.05, 0.1) is 28.0 Å². The molecule has 0 aliphatic carbocycles. The number of hydrogen-bond donors (Lipinski definition) is 1. The van der Waals surface area contributed by atoms with Crippen LogP contribution in [0, 0.1) is 16.7 Å². The van der Waals surface area contributed by atoms with Gasteiger partial charge in [-0.15, -0.1) is 0 Å². The molecule has 9 nitrogen and oxygen atoms in total. The molecule has 278 valence electrons. The molecule has 55 heavy (non-hydrogen) atoms. The van der Waals surface area contributed by atoms with Crippen molar-refractivity contribution in [1.29, 1.82) is 5.26 Å². The summed E-state index contributed by atoms with van der Waals surface area (Å²) in [5.41, 5.74) is 1.84. The van der Waals surface area contributed by atoms with Crippen LogP contribution in [0.4, 0.5) is 11.4 Å². The topological polar surface area (TPSA) is 112 Å². The van der Waals surface area contributed by atoms with Crippen molar-refractivity contribution in [3.8, 4) is 29.1 Å². The Hall–Kier alpha value is -6.27. The molecule has 0 amide bonds. The number of rotatable bonds is 9. The number of nitriles is 1. The fraction of sp³-hybridized carbons (Fsp3) is 0.283. The molecule has 0 fully saturated rings. The molecule has 0 bridgehead atoms. The van der Waals surface area contributed by atoms with E-state index in [2.05, 4.69) is 43.6 Å². The normalized spacial score (nSPS) is 18.7. The van der Waals surface area contributed by atoms with Crippen molar-refractivity contribution in [2.75, 3.05) is 36.0 Å². The van der Waals surface area contributed by atoms with Crippen LogP contribution in [0.2, 0.25) is 0 Å². The highest BCUT2D eigenvalue weighted by Gasteiger charge is 2.59. The van der Waals surface area contributed by atoms with E-state index in [4.69, 9.17) is 14.2 Å². The minimum absolute atomic E-state index is 0.0630. The van der Waals surface area contributed by atoms with E-state index in [1.54, 1.807) is 30.3 Å². The molecule has 0 radical (unpaired) electrons. The molecule has 9 heteroatoms. The number of hydrogen-bond acceptors (Lipinski definition) is 8. The molecular formula is C46H43N3O6. The molecule has 3 aliphatic heterocycles. The average Bonchev–Trinajstić information content (AvgIpc) is 3.49. The highest BCUT2D eigenvalue weighted by Crippen LogP contribution is 2.64. The van der Waals surface area contributed by atoms with E-state index < -0.39 is 28.4 Å². The largest absolute Gasteiger partial charge is 0.478 e. The molecule has 0 saturated heterocycles. The first-order valence-electron chi connectivity index (χ1n) is 18.9. The maximum absolute atomic E-state index is 13.9. The van der Waals surface area contributed by atoms with Gasteiger partial charge in [0, 0.05) is 83.6 Å². The van der Waals surface area contributed by atoms with Crippen molar-refractivity contribution in [2.45, 2.75) is 52.6 Å². The van der Waals surface area contributed by atoms with Gasteiger partial charge < -0.3 is 29.1 Å². The van der Waals surface area contributed by atoms with E-state index in [-0.39, 0.29) is 5.56 Å². The Labute approximate surface area is 321 Å². The van der Waals surface area contributed by atoms with Gasteiger partial charge in [-0.1, -0.05) is 42.5 Å². The SMILES string of the molecule is CCN(CC)c1ccc2c(c1)Oc1cc3c(cc1[C@]21OC(=O)c2ccccc21)[C@](c1ccccc1C(=O)O)(C(C)(C)C#N)c1ccc(N(CC)CC)cc1O3. The van der Waals surface area contributed by atoms with E-state index in [0.29, 0.717) is 61.9 Å². The summed E-state index contributed by atoms with van der Waals surface area (Å²) in [6, 6.07) is 32.5. The van der Waals surface area contributed by atoms with Gasteiger partial charge in [-0.2, -0.15) is 5.26 Å². The zero-order valence-electron chi connectivity index (χ0n) is 31.9. The van der Waals surface area contributed by atoms with Gasteiger partial charge in [-0.3, -0.25) is 0 Å². The van der Waals surface area contributed by atoms with Crippen molar-refractivity contribution >= 4 is 23.3 Å². The minimum atomic E-state index is -1.42. The first kappa shape index (κ1) is 35.7. The molecule has 2 atom stereocenters. The van der Waals surface area contributed by atoms with Crippen molar-refractivity contribution < 1.29 is 28.9 Å². The molecule has 3 aliphatic rings. The van der Waals surface area contributed by atoms with Crippen LogP contribution in [0.25, 0.3) is 0 Å². The van der Waals surface area contributed by atoms with Crippen molar-refractivity contribution in [1.82, 2.24) is 0 Å². The zero-order chi connectivity index (χ0) is 38.9. The van der Waals surface area contributed by atoms with Gasteiger partial charge in [-0.05, 0) is 83.5 Å². The number of carbonyl (C=O) groups is 2. The molecule has 5 aromatic carbocycles. The summed E-state index contributed by atoms with van der Waals surface area (Å²) < 4.78 is 20.3. The second kappa shape index (κ2) is 12.9. The lowest BCUT2D eigenvalue weighted by molar-refractivity contribution is 0.0223. The van der Waals surface area contributed by atoms with E-state index in [0.717, 1.165) is 37.6 Å². The molecule has 8 rings (SSSR count). The summed E-state index contributed by atoms with van der Waals surface area (Å²) in [6.45, 7) is 15.2. The lowest BCUT2D eigenvalue weighted by atomic mass is 9.53. The van der Waals surface area contributed by atoms with Gasteiger partial charge >= 0.3 is 11.9 Å². The zero-order valence-corrected chi connectivity index (χ0v) is 31.9. The lowest BCUT2D eigenvalue weighted by Crippen LogP contribution is -2.47. The Morgan fingerprint density at radius 3 is 1.80 bits per heavy atom. The Kier molecular flexibility index (Phi) is 8.41. The molecule has 0 unspecified atom stereocenters. The average molecular weight is 734 g/mol. The summed E-state index contributed by atoms with van der Waals surface area (Å²) >= 11 is 0. The van der Waals surface area contributed by atoms with Gasteiger partial charge in [0.1, 0.15) is 23.0 Å². The third-order valence-corrected chi connectivity index (χ3v) is 11.8. The molecule has 1 N–H and O–H groups in total. The fourth-order valence-electron chi connectivity index (χ4n) is 9.19. The molecule has 0 aromatic heterocycles. The predicted molar refractivity (Wildman–Crippen MR) is 211 cm³/mol. The van der Waals surface area contributed by atoms with Crippen molar-refractivity contribution in [2.24, 2.45) is 5.41 Å². The molecular weight excluding hydrogens is 691 g/mol. The number of esters is 1. The number of nitrogens with zero attached hydrogens (tertiary/aromatic N) is 3. The Bertz CT molecular complexity index is 2440. The number of carboxylic acid groups (broad SMARTS) is 1. The number of benzene rings is 5. The maximum atomic E-state index is 13.9. The van der Waals surface area contributed by atoms with Gasteiger partial charge in [0.25, 0.3) is 0 Å². The minimum Gasteiger partial charge on any atom is -0.478 e. The van der Waals surface area contributed by atoms with Crippen LogP contribution >= 0.6 is 0 Å².